The first-order chi connectivity index (χ1) is 16.1. The average Bonchev–Trinajstić information content (AvgIpc) is 3.40. The van der Waals surface area contributed by atoms with E-state index in [-0.39, 0.29) is 33.1 Å². The van der Waals surface area contributed by atoms with Gasteiger partial charge in [0.25, 0.3) is 15.7 Å². The summed E-state index contributed by atoms with van der Waals surface area (Å²) in [5, 5.41) is 14.7. The van der Waals surface area contributed by atoms with E-state index in [9.17, 15) is 23.3 Å². The number of nitro groups is 1. The number of carbonyl (C=O) groups excluding carboxylic acids is 1. The van der Waals surface area contributed by atoms with Crippen LogP contribution in [0.1, 0.15) is 31.2 Å². The minimum absolute atomic E-state index is 0.0255. The number of aryl methyl sites for hydroxylation is 1. The van der Waals surface area contributed by atoms with Crippen LogP contribution in [-0.2, 0) is 14.8 Å². The van der Waals surface area contributed by atoms with Crippen molar-refractivity contribution >= 4 is 38.9 Å². The Hall–Kier alpha value is -2.85. The van der Waals surface area contributed by atoms with Crippen molar-refractivity contribution in [3.63, 3.8) is 0 Å². The van der Waals surface area contributed by atoms with Gasteiger partial charge in [-0.05, 0) is 62.3 Å². The second-order valence-corrected chi connectivity index (χ2v) is 11.2. The zero-order valence-corrected chi connectivity index (χ0v) is 20.4. The molecule has 2 bridgehead atoms. The Labute approximate surface area is 203 Å². The molecule has 0 aliphatic heterocycles. The molecule has 0 saturated heterocycles. The Morgan fingerprint density at radius 3 is 2.62 bits per heavy atom. The largest absolute Gasteiger partial charge is 0.495 e. The number of rotatable bonds is 8. The molecule has 4 rings (SSSR count). The van der Waals surface area contributed by atoms with Crippen LogP contribution in [0.5, 0.6) is 5.75 Å². The molecule has 2 aliphatic rings. The molecule has 1 N–H and O–H groups in total. The van der Waals surface area contributed by atoms with Crippen LogP contribution in [0.4, 0.5) is 11.4 Å². The Bertz CT molecular complexity index is 1240. The van der Waals surface area contributed by atoms with Gasteiger partial charge in [-0.3, -0.25) is 19.2 Å². The molecule has 34 heavy (non-hydrogen) atoms. The second-order valence-electron chi connectivity index (χ2n) is 8.88. The van der Waals surface area contributed by atoms with Crippen molar-refractivity contribution in [3.05, 3.63) is 57.1 Å². The van der Waals surface area contributed by atoms with Crippen LogP contribution >= 0.6 is 11.6 Å². The van der Waals surface area contributed by atoms with Crippen molar-refractivity contribution in [2.45, 2.75) is 43.5 Å². The Morgan fingerprint density at radius 1 is 1.24 bits per heavy atom. The van der Waals surface area contributed by atoms with Crippen LogP contribution in [0, 0.1) is 28.9 Å². The number of nitrogens with zero attached hydrogens (tertiary/aromatic N) is 2. The van der Waals surface area contributed by atoms with Crippen LogP contribution in [0.3, 0.4) is 0 Å². The SMILES string of the molecule is COc1ccc(Cl)cc1N(CC(=O)NC1CC2CCC1C2)S(=O)(=O)c1ccc(C)c([N+](=O)[O-])c1. The summed E-state index contributed by atoms with van der Waals surface area (Å²) in [5.41, 5.74) is 0.0664. The molecule has 1 amide bonds. The molecule has 3 atom stereocenters. The Morgan fingerprint density at radius 2 is 2.00 bits per heavy atom. The number of amides is 1. The number of methoxy groups -OCH3 is 1. The molecule has 2 aromatic carbocycles. The number of hydrogen-bond donors (Lipinski definition) is 1. The van der Waals surface area contributed by atoms with Crippen molar-refractivity contribution in [1.82, 2.24) is 5.32 Å². The monoisotopic (exact) mass is 507 g/mol. The number of sulfonamides is 1. The molecule has 11 heteroatoms. The molecular weight excluding hydrogens is 482 g/mol. The molecule has 2 aliphatic carbocycles. The lowest BCUT2D eigenvalue weighted by atomic mass is 9.95. The van der Waals surface area contributed by atoms with E-state index >= 15 is 0 Å². The highest BCUT2D eigenvalue weighted by atomic mass is 35.5. The predicted molar refractivity (Wildman–Crippen MR) is 128 cm³/mol. The third-order valence-electron chi connectivity index (χ3n) is 6.75. The lowest BCUT2D eigenvalue weighted by Gasteiger charge is -2.28. The zero-order valence-electron chi connectivity index (χ0n) is 18.9. The number of benzene rings is 2. The maximum atomic E-state index is 13.7. The van der Waals surface area contributed by atoms with Gasteiger partial charge in [0, 0.05) is 22.7 Å². The lowest BCUT2D eigenvalue weighted by molar-refractivity contribution is -0.385. The molecule has 0 aromatic heterocycles. The van der Waals surface area contributed by atoms with Gasteiger partial charge in [-0.1, -0.05) is 24.1 Å². The summed E-state index contributed by atoms with van der Waals surface area (Å²) >= 11 is 6.15. The van der Waals surface area contributed by atoms with Crippen molar-refractivity contribution in [2.75, 3.05) is 18.0 Å². The van der Waals surface area contributed by atoms with Crippen molar-refractivity contribution in [1.29, 1.82) is 0 Å². The van der Waals surface area contributed by atoms with E-state index in [1.165, 1.54) is 44.7 Å². The third kappa shape index (κ3) is 4.69. The highest BCUT2D eigenvalue weighted by Crippen LogP contribution is 2.44. The van der Waals surface area contributed by atoms with E-state index in [1.807, 2.05) is 0 Å². The van der Waals surface area contributed by atoms with Gasteiger partial charge in [0.1, 0.15) is 12.3 Å². The van der Waals surface area contributed by atoms with Crippen molar-refractivity contribution in [3.8, 4) is 5.75 Å². The lowest BCUT2D eigenvalue weighted by Crippen LogP contribution is -2.46. The summed E-state index contributed by atoms with van der Waals surface area (Å²) in [6, 6.07) is 8.13. The molecule has 0 radical (unpaired) electrons. The molecular formula is C23H26ClN3O6S. The number of fused-ring (bicyclic) bond motifs is 2. The molecule has 182 valence electrons. The van der Waals surface area contributed by atoms with E-state index < -0.39 is 27.4 Å². The van der Waals surface area contributed by atoms with Crippen LogP contribution in [0.2, 0.25) is 5.02 Å². The normalized spacial score (nSPS) is 21.3. The predicted octanol–water partition coefficient (Wildman–Crippen LogP) is 4.07. The summed E-state index contributed by atoms with van der Waals surface area (Å²) in [6.45, 7) is 1.00. The van der Waals surface area contributed by atoms with Crippen LogP contribution in [-0.4, -0.2) is 38.9 Å². The summed E-state index contributed by atoms with van der Waals surface area (Å²) in [5.74, 6) is 0.766. The first-order valence-corrected chi connectivity index (χ1v) is 12.8. The van der Waals surface area contributed by atoms with Gasteiger partial charge in [-0.25, -0.2) is 8.42 Å². The molecule has 3 unspecified atom stereocenters. The van der Waals surface area contributed by atoms with Gasteiger partial charge in [-0.15, -0.1) is 0 Å². The average molecular weight is 508 g/mol. The summed E-state index contributed by atoms with van der Waals surface area (Å²) in [6.07, 6.45) is 4.21. The van der Waals surface area contributed by atoms with Crippen molar-refractivity contribution in [2.24, 2.45) is 11.8 Å². The number of anilines is 1. The maximum absolute atomic E-state index is 13.7. The van der Waals surface area contributed by atoms with E-state index in [4.69, 9.17) is 16.3 Å². The second kappa shape index (κ2) is 9.42. The first-order valence-electron chi connectivity index (χ1n) is 11.0. The molecule has 2 saturated carbocycles. The standard InChI is InChI=1S/C23H26ClN3O6S/c1-14-3-7-18(12-20(14)27(29)30)34(31,32)26(21-11-17(24)6-8-22(21)33-2)13-23(28)25-19-10-15-4-5-16(19)9-15/h3,6-8,11-12,15-16,19H,4-5,9-10,13H2,1-2H3,(H,25,28). The van der Waals surface area contributed by atoms with E-state index in [1.54, 1.807) is 6.07 Å². The minimum atomic E-state index is -4.39. The topological polar surface area (TPSA) is 119 Å². The van der Waals surface area contributed by atoms with Gasteiger partial charge in [-0.2, -0.15) is 0 Å². The smallest absolute Gasteiger partial charge is 0.273 e. The summed E-state index contributed by atoms with van der Waals surface area (Å²) < 4.78 is 33.7. The number of nitro benzene ring substituents is 1. The first kappa shape index (κ1) is 24.3. The van der Waals surface area contributed by atoms with Crippen LogP contribution in [0.25, 0.3) is 0 Å². The minimum Gasteiger partial charge on any atom is -0.495 e. The van der Waals surface area contributed by atoms with Crippen LogP contribution < -0.4 is 14.4 Å². The van der Waals surface area contributed by atoms with Gasteiger partial charge in [0.05, 0.1) is 22.6 Å². The maximum Gasteiger partial charge on any atom is 0.273 e. The summed E-state index contributed by atoms with van der Waals surface area (Å²) in [4.78, 5) is 23.5. The van der Waals surface area contributed by atoms with Gasteiger partial charge >= 0.3 is 0 Å². The zero-order chi connectivity index (χ0) is 24.6. The number of ether oxygens (including phenoxy) is 1. The van der Waals surface area contributed by atoms with Crippen LogP contribution in [0.15, 0.2) is 41.3 Å². The number of nitrogens with one attached hydrogen (secondary N) is 1. The van der Waals surface area contributed by atoms with E-state index in [0.717, 1.165) is 29.6 Å². The molecule has 2 aromatic rings. The fourth-order valence-electron chi connectivity index (χ4n) is 5.04. The van der Waals surface area contributed by atoms with E-state index in [0.29, 0.717) is 17.4 Å². The number of hydrogen-bond acceptors (Lipinski definition) is 6. The van der Waals surface area contributed by atoms with E-state index in [2.05, 4.69) is 5.32 Å². The Kier molecular flexibility index (Phi) is 6.73. The molecule has 0 heterocycles. The van der Waals surface area contributed by atoms with Gasteiger partial charge < -0.3 is 10.1 Å². The fraction of sp³-hybridized carbons (Fsp3) is 0.435. The number of carbonyl (C=O) groups is 1. The molecule has 0 spiro atoms. The van der Waals surface area contributed by atoms with Crippen molar-refractivity contribution < 1.29 is 22.9 Å². The van der Waals surface area contributed by atoms with Gasteiger partial charge in [0.2, 0.25) is 5.91 Å². The quantitative estimate of drug-likeness (QED) is 0.425. The number of halogens is 1. The highest BCUT2D eigenvalue weighted by molar-refractivity contribution is 7.92. The van der Waals surface area contributed by atoms with Gasteiger partial charge in [0.15, 0.2) is 0 Å². The molecule has 2 fully saturated rings. The highest BCUT2D eigenvalue weighted by Gasteiger charge is 2.40. The Balaban J connectivity index is 1.72. The summed E-state index contributed by atoms with van der Waals surface area (Å²) in [7, 11) is -3.01. The molecule has 9 nitrogen and oxygen atoms in total. The third-order valence-corrected chi connectivity index (χ3v) is 8.74. The fourth-order valence-corrected chi connectivity index (χ4v) is 6.65.